The van der Waals surface area contributed by atoms with Gasteiger partial charge >= 0.3 is 5.97 Å². The summed E-state index contributed by atoms with van der Waals surface area (Å²) in [4.78, 5) is 11.7. The maximum absolute atomic E-state index is 10.5. The van der Waals surface area contributed by atoms with Gasteiger partial charge in [-0.1, -0.05) is 0 Å². The van der Waals surface area contributed by atoms with E-state index < -0.39 is 5.97 Å². The maximum Gasteiger partial charge on any atom is 0.348 e. The Kier molecular flexibility index (Phi) is 2.11. The van der Waals surface area contributed by atoms with Gasteiger partial charge in [0.25, 0.3) is 0 Å². The minimum Gasteiger partial charge on any atom is -0.477 e. The van der Waals surface area contributed by atoms with Gasteiger partial charge in [0.2, 0.25) is 0 Å². The second kappa shape index (κ2) is 2.89. The number of hydrogen-bond acceptors (Lipinski definition) is 4. The number of rotatable bonds is 2. The lowest BCUT2D eigenvalue weighted by Gasteiger charge is -1.94. The highest BCUT2D eigenvalue weighted by Crippen LogP contribution is 2.25. The average Bonchev–Trinajstić information content (AvgIpc) is 2.30. The van der Waals surface area contributed by atoms with E-state index in [0.29, 0.717) is 5.69 Å². The maximum atomic E-state index is 10.5. The van der Waals surface area contributed by atoms with Crippen LogP contribution in [0.1, 0.15) is 14.5 Å². The van der Waals surface area contributed by atoms with Crippen molar-refractivity contribution in [3.05, 3.63) is 15.8 Å². The summed E-state index contributed by atoms with van der Waals surface area (Å²) in [5, 5.41) is 8.62. The molecule has 60 valence electrons. The first kappa shape index (κ1) is 8.03. The van der Waals surface area contributed by atoms with Crippen LogP contribution in [-0.2, 0) is 0 Å². The molecular weight excluding hydrogens is 164 g/mol. The summed E-state index contributed by atoms with van der Waals surface area (Å²) in [5.74, 6) is 4.15. The first-order valence-electron chi connectivity index (χ1n) is 2.95. The fraction of sp³-hybridized carbons (Fsp3) is 0.167. The lowest BCUT2D eigenvalue weighted by Crippen LogP contribution is -2.09. The molecule has 0 bridgehead atoms. The summed E-state index contributed by atoms with van der Waals surface area (Å²) in [6.45, 7) is 1.83. The minimum atomic E-state index is -0.948. The van der Waals surface area contributed by atoms with Crippen LogP contribution >= 0.6 is 11.3 Å². The molecule has 0 fully saturated rings. The van der Waals surface area contributed by atoms with Gasteiger partial charge in [0.1, 0.15) is 4.88 Å². The molecule has 0 aliphatic rings. The largest absolute Gasteiger partial charge is 0.477 e. The van der Waals surface area contributed by atoms with Crippen LogP contribution in [0.15, 0.2) is 6.07 Å². The number of nitrogen functional groups attached to an aromatic ring is 1. The van der Waals surface area contributed by atoms with Crippen molar-refractivity contribution < 1.29 is 9.90 Å². The molecule has 0 spiro atoms. The number of nitrogens with two attached hydrogens (primary N) is 1. The molecule has 0 atom stereocenters. The summed E-state index contributed by atoms with van der Waals surface area (Å²) < 4.78 is 0. The standard InChI is InChI=1S/C6H8N2O2S/c1-3-2-4(8-7)5(11-3)6(9)10/h2,8H,7H2,1H3,(H,9,10). The Morgan fingerprint density at radius 3 is 2.82 bits per heavy atom. The Bertz CT molecular complexity index is 282. The molecule has 0 aromatic carbocycles. The molecule has 0 saturated heterocycles. The van der Waals surface area contributed by atoms with Crippen molar-refractivity contribution in [2.24, 2.45) is 5.84 Å². The van der Waals surface area contributed by atoms with Gasteiger partial charge in [-0.15, -0.1) is 11.3 Å². The summed E-state index contributed by atoms with van der Waals surface area (Å²) >= 11 is 1.20. The normalized spacial score (nSPS) is 9.64. The van der Waals surface area contributed by atoms with Crippen LogP contribution in [-0.4, -0.2) is 11.1 Å². The van der Waals surface area contributed by atoms with Crippen molar-refractivity contribution in [2.45, 2.75) is 6.92 Å². The molecule has 0 saturated carbocycles. The van der Waals surface area contributed by atoms with E-state index in [4.69, 9.17) is 10.9 Å². The second-order valence-corrected chi connectivity index (χ2v) is 3.31. The smallest absolute Gasteiger partial charge is 0.348 e. The zero-order valence-electron chi connectivity index (χ0n) is 5.92. The van der Waals surface area contributed by atoms with Gasteiger partial charge < -0.3 is 10.5 Å². The highest BCUT2D eigenvalue weighted by molar-refractivity contribution is 7.14. The van der Waals surface area contributed by atoms with E-state index in [2.05, 4.69) is 5.43 Å². The van der Waals surface area contributed by atoms with Crippen molar-refractivity contribution in [2.75, 3.05) is 5.43 Å². The number of carboxylic acids is 1. The van der Waals surface area contributed by atoms with Crippen molar-refractivity contribution in [1.82, 2.24) is 0 Å². The first-order chi connectivity index (χ1) is 5.15. The van der Waals surface area contributed by atoms with Crippen LogP contribution in [0.3, 0.4) is 0 Å². The van der Waals surface area contributed by atoms with Gasteiger partial charge in [0, 0.05) is 4.88 Å². The number of aryl methyl sites for hydroxylation is 1. The lowest BCUT2D eigenvalue weighted by atomic mass is 10.4. The highest BCUT2D eigenvalue weighted by Gasteiger charge is 2.11. The van der Waals surface area contributed by atoms with Crippen LogP contribution < -0.4 is 11.3 Å². The number of thiophene rings is 1. The molecule has 11 heavy (non-hydrogen) atoms. The molecule has 0 amide bonds. The van der Waals surface area contributed by atoms with Gasteiger partial charge in [0.15, 0.2) is 0 Å². The van der Waals surface area contributed by atoms with Gasteiger partial charge in [-0.2, -0.15) is 0 Å². The Hall–Kier alpha value is -1.07. The number of nitrogens with one attached hydrogen (secondary N) is 1. The fourth-order valence-electron chi connectivity index (χ4n) is 0.780. The third-order valence-electron chi connectivity index (χ3n) is 1.21. The molecule has 0 aliphatic carbocycles. The zero-order chi connectivity index (χ0) is 8.43. The van der Waals surface area contributed by atoms with E-state index in [1.165, 1.54) is 11.3 Å². The molecule has 4 N–H and O–H groups in total. The van der Waals surface area contributed by atoms with Crippen LogP contribution in [0.4, 0.5) is 5.69 Å². The summed E-state index contributed by atoms with van der Waals surface area (Å²) in [5.41, 5.74) is 2.80. The van der Waals surface area contributed by atoms with Crippen LogP contribution in [0.25, 0.3) is 0 Å². The van der Waals surface area contributed by atoms with E-state index in [1.54, 1.807) is 6.07 Å². The van der Waals surface area contributed by atoms with Gasteiger partial charge in [-0.3, -0.25) is 5.84 Å². The third-order valence-corrected chi connectivity index (χ3v) is 2.24. The van der Waals surface area contributed by atoms with Crippen molar-refractivity contribution >= 4 is 23.0 Å². The molecule has 1 aromatic heterocycles. The monoisotopic (exact) mass is 172 g/mol. The number of carbonyl (C=O) groups is 1. The molecule has 0 radical (unpaired) electrons. The molecule has 0 unspecified atom stereocenters. The van der Waals surface area contributed by atoms with Crippen LogP contribution in [0.5, 0.6) is 0 Å². The predicted octanol–water partition coefficient (Wildman–Crippen LogP) is 1.04. The van der Waals surface area contributed by atoms with Crippen LogP contribution in [0, 0.1) is 6.92 Å². The molecule has 5 heteroatoms. The molecule has 0 aliphatic heterocycles. The fourth-order valence-corrected chi connectivity index (χ4v) is 1.59. The number of aromatic carboxylic acids is 1. The highest BCUT2D eigenvalue weighted by atomic mass is 32.1. The van der Waals surface area contributed by atoms with Gasteiger partial charge in [-0.25, -0.2) is 4.79 Å². The van der Waals surface area contributed by atoms with E-state index in [9.17, 15) is 4.79 Å². The molecule has 1 rings (SSSR count). The predicted molar refractivity (Wildman–Crippen MR) is 43.8 cm³/mol. The van der Waals surface area contributed by atoms with E-state index >= 15 is 0 Å². The van der Waals surface area contributed by atoms with E-state index in [-0.39, 0.29) is 4.88 Å². The Morgan fingerprint density at radius 1 is 1.82 bits per heavy atom. The number of anilines is 1. The van der Waals surface area contributed by atoms with E-state index in [1.807, 2.05) is 6.92 Å². The number of hydrazine groups is 1. The van der Waals surface area contributed by atoms with Crippen molar-refractivity contribution in [3.8, 4) is 0 Å². The zero-order valence-corrected chi connectivity index (χ0v) is 6.73. The second-order valence-electron chi connectivity index (χ2n) is 2.05. The Balaban J connectivity index is 3.12. The summed E-state index contributed by atoms with van der Waals surface area (Å²) in [7, 11) is 0. The first-order valence-corrected chi connectivity index (χ1v) is 3.77. The van der Waals surface area contributed by atoms with Gasteiger partial charge in [0.05, 0.1) is 5.69 Å². The molecule has 1 heterocycles. The summed E-state index contributed by atoms with van der Waals surface area (Å²) in [6.07, 6.45) is 0. The number of hydrogen-bond donors (Lipinski definition) is 3. The molecule has 4 nitrogen and oxygen atoms in total. The third kappa shape index (κ3) is 1.50. The van der Waals surface area contributed by atoms with Crippen LogP contribution in [0.2, 0.25) is 0 Å². The molecular formula is C6H8N2O2S. The van der Waals surface area contributed by atoms with Gasteiger partial charge in [-0.05, 0) is 13.0 Å². The van der Waals surface area contributed by atoms with E-state index in [0.717, 1.165) is 4.88 Å². The SMILES string of the molecule is Cc1cc(NN)c(C(=O)O)s1. The lowest BCUT2D eigenvalue weighted by molar-refractivity contribution is 0.0703. The van der Waals surface area contributed by atoms with Crippen molar-refractivity contribution in [3.63, 3.8) is 0 Å². The Morgan fingerprint density at radius 2 is 2.45 bits per heavy atom. The topological polar surface area (TPSA) is 75.3 Å². The molecule has 1 aromatic rings. The quantitative estimate of drug-likeness (QED) is 0.460. The minimum absolute atomic E-state index is 0.255. The average molecular weight is 172 g/mol. The van der Waals surface area contributed by atoms with Crippen molar-refractivity contribution in [1.29, 1.82) is 0 Å². The number of carboxylic acid groups (broad SMARTS) is 1. The summed E-state index contributed by atoms with van der Waals surface area (Å²) in [6, 6.07) is 1.70. The Labute approximate surface area is 67.6 Å².